The highest BCUT2D eigenvalue weighted by molar-refractivity contribution is 5.76. The van der Waals surface area contributed by atoms with Gasteiger partial charge in [-0.2, -0.15) is 5.10 Å². The summed E-state index contributed by atoms with van der Waals surface area (Å²) in [6, 6.07) is 9.00. The predicted molar refractivity (Wildman–Crippen MR) is 106 cm³/mol. The Morgan fingerprint density at radius 1 is 1.17 bits per heavy atom. The minimum atomic E-state index is -0.263. The van der Waals surface area contributed by atoms with E-state index >= 15 is 0 Å². The number of hydrogen-bond donors (Lipinski definition) is 2. The lowest BCUT2D eigenvalue weighted by Crippen LogP contribution is -2.46. The first kappa shape index (κ1) is 18.5. The van der Waals surface area contributed by atoms with Gasteiger partial charge in [0, 0.05) is 43.5 Å². The number of benzene rings is 1. The molecule has 0 radical (unpaired) electrons. The molecule has 5 rings (SSSR count). The second kappa shape index (κ2) is 7.70. The normalized spacial score (nSPS) is 24.7. The van der Waals surface area contributed by atoms with Gasteiger partial charge in [0.15, 0.2) is 0 Å². The molecule has 2 fully saturated rings. The van der Waals surface area contributed by atoms with Gasteiger partial charge in [0.2, 0.25) is 0 Å². The first-order valence-corrected chi connectivity index (χ1v) is 10.0. The van der Waals surface area contributed by atoms with Gasteiger partial charge in [-0.25, -0.2) is 9.37 Å². The third-order valence-electron chi connectivity index (χ3n) is 5.98. The number of aromatic nitrogens is 4. The highest BCUT2D eigenvalue weighted by Gasteiger charge is 2.39. The molecule has 2 saturated heterocycles. The SMILES string of the molecule is OCC[C@H]1CN2C[C@@H](n3cnc(-c4ccc(F)cc4)c3-c3ccn[nH]3)C[C@H]2CO1. The van der Waals surface area contributed by atoms with E-state index in [-0.39, 0.29) is 24.6 Å². The van der Waals surface area contributed by atoms with E-state index in [1.807, 2.05) is 12.4 Å². The van der Waals surface area contributed by atoms with E-state index in [1.165, 1.54) is 12.1 Å². The molecule has 0 spiro atoms. The van der Waals surface area contributed by atoms with E-state index in [2.05, 4.69) is 24.6 Å². The molecule has 7 nitrogen and oxygen atoms in total. The van der Waals surface area contributed by atoms with Crippen molar-refractivity contribution in [2.45, 2.75) is 31.0 Å². The number of ether oxygens (including phenoxy) is 1. The summed E-state index contributed by atoms with van der Waals surface area (Å²) in [4.78, 5) is 7.15. The van der Waals surface area contributed by atoms with E-state index in [0.717, 1.165) is 42.2 Å². The molecule has 29 heavy (non-hydrogen) atoms. The van der Waals surface area contributed by atoms with Crippen LogP contribution in [0, 0.1) is 5.82 Å². The average Bonchev–Trinajstić information content (AvgIpc) is 3.46. The zero-order valence-corrected chi connectivity index (χ0v) is 16.0. The first-order valence-electron chi connectivity index (χ1n) is 10.0. The second-order valence-electron chi connectivity index (χ2n) is 7.79. The topological polar surface area (TPSA) is 79.2 Å². The van der Waals surface area contributed by atoms with Gasteiger partial charge in [0.05, 0.1) is 36.1 Å². The fourth-order valence-corrected chi connectivity index (χ4v) is 4.55. The number of aromatic amines is 1. The third-order valence-corrected chi connectivity index (χ3v) is 5.98. The fraction of sp³-hybridized carbons (Fsp3) is 0.429. The number of halogens is 1. The number of morpholine rings is 1. The van der Waals surface area contributed by atoms with Gasteiger partial charge >= 0.3 is 0 Å². The summed E-state index contributed by atoms with van der Waals surface area (Å²) in [5.74, 6) is -0.263. The van der Waals surface area contributed by atoms with Gasteiger partial charge in [0.25, 0.3) is 0 Å². The van der Waals surface area contributed by atoms with Crippen LogP contribution in [-0.2, 0) is 4.74 Å². The predicted octanol–water partition coefficient (Wildman–Crippen LogP) is 2.48. The molecular formula is C21H24FN5O2. The number of hydrogen-bond acceptors (Lipinski definition) is 5. The Morgan fingerprint density at radius 2 is 2.03 bits per heavy atom. The van der Waals surface area contributed by atoms with E-state index < -0.39 is 0 Å². The maximum atomic E-state index is 13.4. The summed E-state index contributed by atoms with van der Waals surface area (Å²) < 4.78 is 21.5. The molecule has 1 aromatic carbocycles. The Morgan fingerprint density at radius 3 is 2.79 bits per heavy atom. The van der Waals surface area contributed by atoms with Crippen molar-refractivity contribution in [2.75, 3.05) is 26.3 Å². The number of imidazole rings is 1. The Kier molecular flexibility index (Phi) is 4.91. The number of aliphatic hydroxyl groups is 1. The van der Waals surface area contributed by atoms with Crippen LogP contribution in [0.15, 0.2) is 42.9 Å². The molecule has 2 aliphatic rings. The number of aliphatic hydroxyl groups excluding tert-OH is 1. The lowest BCUT2D eigenvalue weighted by atomic mass is 10.1. The summed E-state index contributed by atoms with van der Waals surface area (Å²) in [5, 5.41) is 16.4. The Hall–Kier alpha value is -2.55. The minimum Gasteiger partial charge on any atom is -0.396 e. The number of fused-ring (bicyclic) bond motifs is 1. The van der Waals surface area contributed by atoms with Crippen molar-refractivity contribution in [3.05, 3.63) is 48.7 Å². The Bertz CT molecular complexity index is 956. The van der Waals surface area contributed by atoms with Crippen LogP contribution >= 0.6 is 0 Å². The standard InChI is InChI=1S/C21H24FN5O2/c22-15-3-1-14(2-4-15)20-21(19-5-7-24-25-19)27(13-23-20)16-9-17-12-29-18(6-8-28)11-26(17)10-16/h1-5,7,13,16-18,28H,6,8-12H2,(H,24,25)/t16-,17-,18-/m0/s1. The van der Waals surface area contributed by atoms with Crippen LogP contribution in [0.1, 0.15) is 18.9 Å². The van der Waals surface area contributed by atoms with Crippen LogP contribution < -0.4 is 0 Å². The molecule has 0 aliphatic carbocycles. The molecule has 2 N–H and O–H groups in total. The lowest BCUT2D eigenvalue weighted by Gasteiger charge is -2.34. The summed E-state index contributed by atoms with van der Waals surface area (Å²) in [6.07, 6.45) is 5.36. The first-order chi connectivity index (χ1) is 14.2. The molecule has 8 heteroatoms. The average molecular weight is 397 g/mol. The summed E-state index contributed by atoms with van der Waals surface area (Å²) in [5.41, 5.74) is 3.54. The smallest absolute Gasteiger partial charge is 0.123 e. The summed E-state index contributed by atoms with van der Waals surface area (Å²) >= 11 is 0. The minimum absolute atomic E-state index is 0.0969. The van der Waals surface area contributed by atoms with Crippen molar-refractivity contribution >= 4 is 0 Å². The molecule has 0 amide bonds. The van der Waals surface area contributed by atoms with Crippen LogP contribution in [0.3, 0.4) is 0 Å². The van der Waals surface area contributed by atoms with Gasteiger partial charge in [0.1, 0.15) is 5.82 Å². The number of nitrogens with one attached hydrogen (secondary N) is 1. The summed E-state index contributed by atoms with van der Waals surface area (Å²) in [6.45, 7) is 2.61. The molecule has 0 unspecified atom stereocenters. The van der Waals surface area contributed by atoms with Gasteiger partial charge < -0.3 is 14.4 Å². The number of nitrogens with zero attached hydrogens (tertiary/aromatic N) is 4. The maximum Gasteiger partial charge on any atom is 0.123 e. The zero-order valence-electron chi connectivity index (χ0n) is 16.0. The molecule has 0 bridgehead atoms. The largest absolute Gasteiger partial charge is 0.396 e. The van der Waals surface area contributed by atoms with Crippen molar-refractivity contribution in [3.8, 4) is 22.6 Å². The number of rotatable bonds is 5. The number of H-pyrrole nitrogens is 1. The van der Waals surface area contributed by atoms with Crippen LogP contribution in [0.25, 0.3) is 22.6 Å². The molecule has 2 aliphatic heterocycles. The van der Waals surface area contributed by atoms with Crippen LogP contribution in [0.5, 0.6) is 0 Å². The fourth-order valence-electron chi connectivity index (χ4n) is 4.55. The van der Waals surface area contributed by atoms with Gasteiger partial charge in [-0.3, -0.25) is 10.00 Å². The van der Waals surface area contributed by atoms with E-state index in [0.29, 0.717) is 19.1 Å². The van der Waals surface area contributed by atoms with Gasteiger partial charge in [-0.15, -0.1) is 0 Å². The maximum absolute atomic E-state index is 13.4. The van der Waals surface area contributed by atoms with Crippen molar-refractivity contribution in [3.63, 3.8) is 0 Å². The molecule has 3 atom stereocenters. The third kappa shape index (κ3) is 3.48. The van der Waals surface area contributed by atoms with Gasteiger partial charge in [-0.05, 0) is 43.2 Å². The van der Waals surface area contributed by atoms with Crippen LogP contribution in [-0.4, -0.2) is 68.2 Å². The molecule has 4 heterocycles. The molecule has 2 aromatic heterocycles. The highest BCUT2D eigenvalue weighted by Crippen LogP contribution is 2.37. The second-order valence-corrected chi connectivity index (χ2v) is 7.79. The summed E-state index contributed by atoms with van der Waals surface area (Å²) in [7, 11) is 0. The van der Waals surface area contributed by atoms with Crippen LogP contribution in [0.4, 0.5) is 4.39 Å². The molecule has 3 aromatic rings. The monoisotopic (exact) mass is 397 g/mol. The Balaban J connectivity index is 1.47. The van der Waals surface area contributed by atoms with Crippen molar-refractivity contribution in [1.29, 1.82) is 0 Å². The van der Waals surface area contributed by atoms with E-state index in [9.17, 15) is 9.50 Å². The van der Waals surface area contributed by atoms with Crippen LogP contribution in [0.2, 0.25) is 0 Å². The lowest BCUT2D eigenvalue weighted by molar-refractivity contribution is -0.0567. The molecular weight excluding hydrogens is 373 g/mol. The highest BCUT2D eigenvalue weighted by atomic mass is 19.1. The van der Waals surface area contributed by atoms with E-state index in [4.69, 9.17) is 4.74 Å². The van der Waals surface area contributed by atoms with Gasteiger partial charge in [-0.1, -0.05) is 0 Å². The van der Waals surface area contributed by atoms with Crippen molar-refractivity contribution in [1.82, 2.24) is 24.6 Å². The molecule has 152 valence electrons. The zero-order chi connectivity index (χ0) is 19.8. The van der Waals surface area contributed by atoms with Crippen molar-refractivity contribution in [2.24, 2.45) is 0 Å². The Labute approximate surface area is 168 Å². The molecule has 0 saturated carbocycles. The quantitative estimate of drug-likeness (QED) is 0.692. The van der Waals surface area contributed by atoms with Crippen molar-refractivity contribution < 1.29 is 14.2 Å². The van der Waals surface area contributed by atoms with E-state index in [1.54, 1.807) is 18.3 Å².